The molecule has 7 nitrogen and oxygen atoms in total. The summed E-state index contributed by atoms with van der Waals surface area (Å²) in [5.41, 5.74) is 7.18. The lowest BCUT2D eigenvalue weighted by molar-refractivity contribution is -0.117. The SMILES string of the molecule is Cc1ccnc(N)c1N1CC(CS(N)(=O)=O)CC1=O. The Hall–Kier alpha value is -1.67. The van der Waals surface area contributed by atoms with Crippen molar-refractivity contribution in [1.82, 2.24) is 4.98 Å². The first-order valence-corrected chi connectivity index (χ1v) is 7.51. The van der Waals surface area contributed by atoms with Crippen molar-refractivity contribution in [3.63, 3.8) is 0 Å². The van der Waals surface area contributed by atoms with Gasteiger partial charge in [0.05, 0.1) is 11.4 Å². The smallest absolute Gasteiger partial charge is 0.227 e. The first-order chi connectivity index (χ1) is 8.78. The summed E-state index contributed by atoms with van der Waals surface area (Å²) in [6.45, 7) is 2.12. The number of primary sulfonamides is 1. The van der Waals surface area contributed by atoms with Crippen molar-refractivity contribution in [2.45, 2.75) is 13.3 Å². The molecule has 0 spiro atoms. The summed E-state index contributed by atoms with van der Waals surface area (Å²) in [5, 5.41) is 5.01. The van der Waals surface area contributed by atoms with Gasteiger partial charge in [-0.15, -0.1) is 0 Å². The van der Waals surface area contributed by atoms with E-state index in [9.17, 15) is 13.2 Å². The van der Waals surface area contributed by atoms with Crippen LogP contribution in [-0.4, -0.2) is 31.6 Å². The Balaban J connectivity index is 2.26. The molecule has 1 fully saturated rings. The second-order valence-corrected chi connectivity index (χ2v) is 6.42. The molecule has 104 valence electrons. The number of rotatable bonds is 3. The third-order valence-corrected chi connectivity index (χ3v) is 4.03. The van der Waals surface area contributed by atoms with Crippen LogP contribution in [-0.2, 0) is 14.8 Å². The number of pyridine rings is 1. The molecule has 2 heterocycles. The minimum Gasteiger partial charge on any atom is -0.382 e. The Morgan fingerprint density at radius 2 is 2.21 bits per heavy atom. The lowest BCUT2D eigenvalue weighted by Crippen LogP contribution is -2.28. The van der Waals surface area contributed by atoms with Gasteiger partial charge in [0, 0.05) is 25.1 Å². The fourth-order valence-corrected chi connectivity index (χ4v) is 3.24. The molecule has 1 amide bonds. The van der Waals surface area contributed by atoms with Crippen LogP contribution >= 0.6 is 0 Å². The average Bonchev–Trinajstić information content (AvgIpc) is 2.56. The molecule has 2 rings (SSSR count). The minimum atomic E-state index is -3.58. The number of anilines is 2. The van der Waals surface area contributed by atoms with Gasteiger partial charge < -0.3 is 10.6 Å². The van der Waals surface area contributed by atoms with Gasteiger partial charge in [0.2, 0.25) is 15.9 Å². The van der Waals surface area contributed by atoms with Gasteiger partial charge in [-0.1, -0.05) is 0 Å². The lowest BCUT2D eigenvalue weighted by atomic mass is 10.1. The molecule has 1 aliphatic heterocycles. The van der Waals surface area contributed by atoms with Gasteiger partial charge in [0.25, 0.3) is 0 Å². The molecule has 1 aliphatic rings. The van der Waals surface area contributed by atoms with Crippen LogP contribution in [0.15, 0.2) is 12.3 Å². The molecule has 19 heavy (non-hydrogen) atoms. The molecule has 1 aromatic rings. The van der Waals surface area contributed by atoms with Gasteiger partial charge in [-0.3, -0.25) is 4.79 Å². The van der Waals surface area contributed by atoms with Crippen LogP contribution in [0, 0.1) is 12.8 Å². The maximum atomic E-state index is 12.0. The van der Waals surface area contributed by atoms with Crippen molar-refractivity contribution in [2.24, 2.45) is 11.1 Å². The van der Waals surface area contributed by atoms with Crippen molar-refractivity contribution < 1.29 is 13.2 Å². The standard InChI is InChI=1S/C11H16N4O3S/c1-7-2-3-14-11(12)10(7)15-5-8(4-9(15)16)6-19(13,17)18/h2-3,8H,4-6H2,1H3,(H2,12,14)(H2,13,17,18). The summed E-state index contributed by atoms with van der Waals surface area (Å²) in [6.07, 6.45) is 1.72. The summed E-state index contributed by atoms with van der Waals surface area (Å²) in [4.78, 5) is 17.4. The fraction of sp³-hybridized carbons (Fsp3) is 0.455. The van der Waals surface area contributed by atoms with E-state index < -0.39 is 10.0 Å². The number of carbonyl (C=O) groups excluding carboxylic acids is 1. The topological polar surface area (TPSA) is 119 Å². The maximum Gasteiger partial charge on any atom is 0.227 e. The molecular formula is C11H16N4O3S. The van der Waals surface area contributed by atoms with E-state index in [2.05, 4.69) is 4.98 Å². The highest BCUT2D eigenvalue weighted by atomic mass is 32.2. The summed E-state index contributed by atoms with van der Waals surface area (Å²) in [5.74, 6) is -0.392. The van der Waals surface area contributed by atoms with E-state index in [-0.39, 0.29) is 29.8 Å². The summed E-state index contributed by atoms with van der Waals surface area (Å²) >= 11 is 0. The predicted molar refractivity (Wildman–Crippen MR) is 71.8 cm³/mol. The van der Waals surface area contributed by atoms with Crippen molar-refractivity contribution in [3.8, 4) is 0 Å². The molecule has 0 bridgehead atoms. The highest BCUT2D eigenvalue weighted by molar-refractivity contribution is 7.89. The zero-order valence-electron chi connectivity index (χ0n) is 10.5. The van der Waals surface area contributed by atoms with Crippen molar-refractivity contribution in [1.29, 1.82) is 0 Å². The number of aromatic nitrogens is 1. The van der Waals surface area contributed by atoms with Crippen LogP contribution in [0.3, 0.4) is 0 Å². The van der Waals surface area contributed by atoms with Crippen LogP contribution in [0.1, 0.15) is 12.0 Å². The molecule has 1 saturated heterocycles. The molecule has 0 saturated carbocycles. The van der Waals surface area contributed by atoms with E-state index in [0.29, 0.717) is 12.2 Å². The zero-order chi connectivity index (χ0) is 14.2. The van der Waals surface area contributed by atoms with E-state index >= 15 is 0 Å². The Morgan fingerprint density at radius 3 is 2.79 bits per heavy atom. The minimum absolute atomic E-state index is 0.156. The molecule has 0 aliphatic carbocycles. The highest BCUT2D eigenvalue weighted by Gasteiger charge is 2.34. The van der Waals surface area contributed by atoms with E-state index in [0.717, 1.165) is 5.56 Å². The van der Waals surface area contributed by atoms with Gasteiger partial charge >= 0.3 is 0 Å². The quantitative estimate of drug-likeness (QED) is 0.783. The molecule has 1 aromatic heterocycles. The van der Waals surface area contributed by atoms with Crippen LogP contribution in [0.25, 0.3) is 0 Å². The van der Waals surface area contributed by atoms with Crippen molar-refractivity contribution in [2.75, 3.05) is 22.9 Å². The monoisotopic (exact) mass is 284 g/mol. The number of carbonyl (C=O) groups is 1. The highest BCUT2D eigenvalue weighted by Crippen LogP contribution is 2.31. The molecule has 0 radical (unpaired) electrons. The number of hydrogen-bond acceptors (Lipinski definition) is 5. The number of hydrogen-bond donors (Lipinski definition) is 2. The maximum absolute atomic E-state index is 12.0. The number of nitrogens with zero attached hydrogens (tertiary/aromatic N) is 2. The van der Waals surface area contributed by atoms with Crippen LogP contribution in [0.4, 0.5) is 11.5 Å². The summed E-state index contributed by atoms with van der Waals surface area (Å²) < 4.78 is 22.2. The first kappa shape index (κ1) is 13.8. The van der Waals surface area contributed by atoms with E-state index in [1.54, 1.807) is 12.3 Å². The third kappa shape index (κ3) is 3.02. The second kappa shape index (κ2) is 4.78. The van der Waals surface area contributed by atoms with E-state index in [1.165, 1.54) is 4.90 Å². The summed E-state index contributed by atoms with van der Waals surface area (Å²) in [6, 6.07) is 1.76. The average molecular weight is 284 g/mol. The Kier molecular flexibility index (Phi) is 3.46. The van der Waals surface area contributed by atoms with Crippen LogP contribution < -0.4 is 15.8 Å². The zero-order valence-corrected chi connectivity index (χ0v) is 11.4. The third-order valence-electron chi connectivity index (χ3n) is 3.10. The molecule has 0 aromatic carbocycles. The number of nitrogens with two attached hydrogens (primary N) is 2. The van der Waals surface area contributed by atoms with Crippen molar-refractivity contribution in [3.05, 3.63) is 17.8 Å². The second-order valence-electron chi connectivity index (χ2n) is 4.77. The summed E-state index contributed by atoms with van der Waals surface area (Å²) in [7, 11) is -3.58. The van der Waals surface area contributed by atoms with Gasteiger partial charge in [-0.2, -0.15) is 0 Å². The van der Waals surface area contributed by atoms with E-state index in [4.69, 9.17) is 10.9 Å². The number of aryl methyl sites for hydroxylation is 1. The lowest BCUT2D eigenvalue weighted by Gasteiger charge is -2.20. The largest absolute Gasteiger partial charge is 0.382 e. The first-order valence-electron chi connectivity index (χ1n) is 5.80. The predicted octanol–water partition coefficient (Wildman–Crippen LogP) is -0.386. The van der Waals surface area contributed by atoms with Gasteiger partial charge in [0.1, 0.15) is 5.82 Å². The number of amides is 1. The normalized spacial score (nSPS) is 20.0. The van der Waals surface area contributed by atoms with Crippen LogP contribution in [0.5, 0.6) is 0 Å². The molecular weight excluding hydrogens is 268 g/mol. The van der Waals surface area contributed by atoms with Crippen LogP contribution in [0.2, 0.25) is 0 Å². The van der Waals surface area contributed by atoms with Crippen molar-refractivity contribution >= 4 is 27.4 Å². The Bertz CT molecular complexity index is 594. The number of nitrogen functional groups attached to an aromatic ring is 1. The van der Waals surface area contributed by atoms with Gasteiger partial charge in [-0.05, 0) is 18.6 Å². The van der Waals surface area contributed by atoms with E-state index in [1.807, 2.05) is 6.92 Å². The molecule has 1 unspecified atom stereocenters. The molecule has 1 atom stereocenters. The number of sulfonamides is 1. The molecule has 8 heteroatoms. The fourth-order valence-electron chi connectivity index (χ4n) is 2.36. The van der Waals surface area contributed by atoms with Gasteiger partial charge in [0.15, 0.2) is 0 Å². The van der Waals surface area contributed by atoms with Gasteiger partial charge in [-0.25, -0.2) is 18.5 Å². The Labute approximate surface area is 111 Å². The Morgan fingerprint density at radius 1 is 1.53 bits per heavy atom. The molecule has 4 N–H and O–H groups in total.